The van der Waals surface area contributed by atoms with Gasteiger partial charge in [-0.1, -0.05) is 29.5 Å². The first-order valence-corrected chi connectivity index (χ1v) is 5.61. The number of benzene rings is 2. The third kappa shape index (κ3) is 2.94. The van der Waals surface area contributed by atoms with Gasteiger partial charge < -0.3 is 0 Å². The molecule has 98 valence electrons. The Kier molecular flexibility index (Phi) is 3.99. The minimum atomic E-state index is -0.530. The normalized spacial score (nSPS) is 10.2. The Morgan fingerprint density at radius 2 is 1.85 bits per heavy atom. The lowest BCUT2D eigenvalue weighted by Crippen LogP contribution is -1.91. The molecule has 0 fully saturated rings. The SMILES string of the molecule is N#Cc1ccccc1NN=Nc1ccccc1[N+](=O)[O-]. The summed E-state index contributed by atoms with van der Waals surface area (Å²) in [7, 11) is 0. The number of hydrogen-bond acceptors (Lipinski definition) is 5. The molecule has 0 aliphatic rings. The molecule has 0 radical (unpaired) electrons. The van der Waals surface area contributed by atoms with Gasteiger partial charge in [0, 0.05) is 6.07 Å². The quantitative estimate of drug-likeness (QED) is 0.519. The first-order valence-electron chi connectivity index (χ1n) is 5.61. The van der Waals surface area contributed by atoms with Crippen molar-refractivity contribution in [2.45, 2.75) is 0 Å². The summed E-state index contributed by atoms with van der Waals surface area (Å²) >= 11 is 0. The lowest BCUT2D eigenvalue weighted by Gasteiger charge is -2.00. The third-order valence-corrected chi connectivity index (χ3v) is 2.45. The topological polar surface area (TPSA) is 104 Å². The predicted molar refractivity (Wildman–Crippen MR) is 72.4 cm³/mol. The van der Waals surface area contributed by atoms with Crippen molar-refractivity contribution in [1.82, 2.24) is 0 Å². The van der Waals surface area contributed by atoms with Crippen LogP contribution in [0.25, 0.3) is 0 Å². The third-order valence-electron chi connectivity index (χ3n) is 2.45. The van der Waals surface area contributed by atoms with Crippen LogP contribution < -0.4 is 5.43 Å². The fourth-order valence-corrected chi connectivity index (χ4v) is 1.51. The van der Waals surface area contributed by atoms with Gasteiger partial charge in [0.1, 0.15) is 6.07 Å². The maximum Gasteiger partial charge on any atom is 0.296 e. The number of anilines is 1. The summed E-state index contributed by atoms with van der Waals surface area (Å²) in [4.78, 5) is 10.3. The van der Waals surface area contributed by atoms with Gasteiger partial charge in [-0.05, 0) is 18.2 Å². The monoisotopic (exact) mass is 267 g/mol. The highest BCUT2D eigenvalue weighted by molar-refractivity contribution is 5.58. The molecule has 0 saturated heterocycles. The number of para-hydroxylation sites is 2. The standard InChI is InChI=1S/C13H9N5O2/c14-9-10-5-1-2-6-11(10)15-17-16-12-7-3-4-8-13(12)18(19)20/h1-8H,(H,15,16). The highest BCUT2D eigenvalue weighted by Gasteiger charge is 2.11. The number of nitrogens with zero attached hydrogens (tertiary/aromatic N) is 4. The van der Waals surface area contributed by atoms with Crippen LogP contribution in [-0.4, -0.2) is 4.92 Å². The molecule has 0 spiro atoms. The molecule has 7 heteroatoms. The smallest absolute Gasteiger partial charge is 0.258 e. The molecule has 0 bridgehead atoms. The van der Waals surface area contributed by atoms with Gasteiger partial charge in [0.05, 0.1) is 16.2 Å². The Hall–Kier alpha value is -3.27. The summed E-state index contributed by atoms with van der Waals surface area (Å²) in [6, 6.07) is 14.8. The van der Waals surface area contributed by atoms with Gasteiger partial charge in [-0.2, -0.15) is 5.26 Å². The molecule has 20 heavy (non-hydrogen) atoms. The molecule has 0 aliphatic heterocycles. The Bertz CT molecular complexity index is 706. The van der Waals surface area contributed by atoms with Gasteiger partial charge in [-0.15, -0.1) is 5.11 Å². The molecule has 0 unspecified atom stereocenters. The van der Waals surface area contributed by atoms with Gasteiger partial charge in [0.2, 0.25) is 0 Å². The van der Waals surface area contributed by atoms with E-state index in [2.05, 4.69) is 15.8 Å². The predicted octanol–water partition coefficient (Wildman–Crippen LogP) is 3.58. The second-order valence-corrected chi connectivity index (χ2v) is 3.72. The molecule has 0 saturated carbocycles. The van der Waals surface area contributed by atoms with Crippen molar-refractivity contribution in [3.63, 3.8) is 0 Å². The van der Waals surface area contributed by atoms with E-state index < -0.39 is 4.92 Å². The summed E-state index contributed by atoms with van der Waals surface area (Å²) in [6.45, 7) is 0. The zero-order valence-corrected chi connectivity index (χ0v) is 10.2. The van der Waals surface area contributed by atoms with Crippen molar-refractivity contribution >= 4 is 17.1 Å². The van der Waals surface area contributed by atoms with Crippen LogP contribution >= 0.6 is 0 Å². The summed E-state index contributed by atoms with van der Waals surface area (Å²) in [6.07, 6.45) is 0. The summed E-state index contributed by atoms with van der Waals surface area (Å²) < 4.78 is 0. The van der Waals surface area contributed by atoms with Gasteiger partial charge in [0.25, 0.3) is 5.69 Å². The number of nitro groups is 1. The average molecular weight is 267 g/mol. The molecule has 2 aromatic rings. The highest BCUT2D eigenvalue weighted by atomic mass is 16.6. The van der Waals surface area contributed by atoms with E-state index >= 15 is 0 Å². The van der Waals surface area contributed by atoms with Crippen molar-refractivity contribution in [3.05, 3.63) is 64.2 Å². The molecule has 0 heterocycles. The van der Waals surface area contributed by atoms with Crippen LogP contribution in [0.15, 0.2) is 58.9 Å². The van der Waals surface area contributed by atoms with E-state index in [-0.39, 0.29) is 11.4 Å². The first kappa shape index (κ1) is 13.2. The minimum Gasteiger partial charge on any atom is -0.258 e. The largest absolute Gasteiger partial charge is 0.296 e. The van der Waals surface area contributed by atoms with Crippen molar-refractivity contribution in [2.75, 3.05) is 5.43 Å². The van der Waals surface area contributed by atoms with Crippen molar-refractivity contribution in [2.24, 2.45) is 10.3 Å². The molecule has 7 nitrogen and oxygen atoms in total. The molecule has 0 amide bonds. The number of rotatable bonds is 4. The van der Waals surface area contributed by atoms with Crippen molar-refractivity contribution in [1.29, 1.82) is 5.26 Å². The molecule has 2 aromatic carbocycles. The van der Waals surface area contributed by atoms with E-state index in [1.807, 2.05) is 6.07 Å². The molecular formula is C13H9N5O2. The average Bonchev–Trinajstić information content (AvgIpc) is 2.48. The van der Waals surface area contributed by atoms with Gasteiger partial charge in [0.15, 0.2) is 5.69 Å². The fraction of sp³-hybridized carbons (Fsp3) is 0. The summed E-state index contributed by atoms with van der Waals surface area (Å²) in [5, 5.41) is 27.1. The maximum atomic E-state index is 10.8. The Labute approximate surface area is 114 Å². The lowest BCUT2D eigenvalue weighted by molar-refractivity contribution is -0.384. The number of nitriles is 1. The Morgan fingerprint density at radius 1 is 1.15 bits per heavy atom. The molecule has 0 aromatic heterocycles. The van der Waals surface area contributed by atoms with Crippen LogP contribution in [0.3, 0.4) is 0 Å². The van der Waals surface area contributed by atoms with Crippen LogP contribution in [0.4, 0.5) is 17.1 Å². The van der Waals surface area contributed by atoms with E-state index in [0.717, 1.165) is 0 Å². The number of hydrogen-bond donors (Lipinski definition) is 1. The van der Waals surface area contributed by atoms with Crippen LogP contribution in [0.1, 0.15) is 5.56 Å². The van der Waals surface area contributed by atoms with Gasteiger partial charge in [-0.25, -0.2) is 0 Å². The number of nitrogens with one attached hydrogen (secondary N) is 1. The summed E-state index contributed by atoms with van der Waals surface area (Å²) in [5.74, 6) is 0. The van der Waals surface area contributed by atoms with Crippen molar-refractivity contribution in [3.8, 4) is 6.07 Å². The van der Waals surface area contributed by atoms with Gasteiger partial charge >= 0.3 is 0 Å². The maximum absolute atomic E-state index is 10.8. The van der Waals surface area contributed by atoms with E-state index in [1.165, 1.54) is 12.1 Å². The second-order valence-electron chi connectivity index (χ2n) is 3.72. The Balaban J connectivity index is 2.19. The van der Waals surface area contributed by atoms with E-state index in [4.69, 9.17) is 5.26 Å². The van der Waals surface area contributed by atoms with Crippen LogP contribution in [-0.2, 0) is 0 Å². The highest BCUT2D eigenvalue weighted by Crippen LogP contribution is 2.26. The molecule has 2 rings (SSSR count). The second kappa shape index (κ2) is 6.06. The van der Waals surface area contributed by atoms with Crippen LogP contribution in [0.5, 0.6) is 0 Å². The van der Waals surface area contributed by atoms with E-state index in [0.29, 0.717) is 11.3 Å². The summed E-state index contributed by atoms with van der Waals surface area (Å²) in [5.41, 5.74) is 3.49. The zero-order chi connectivity index (χ0) is 14.4. The van der Waals surface area contributed by atoms with Gasteiger partial charge in [-0.3, -0.25) is 15.5 Å². The first-order chi connectivity index (χ1) is 9.72. The minimum absolute atomic E-state index is 0.133. The molecule has 0 atom stereocenters. The van der Waals surface area contributed by atoms with Crippen LogP contribution in [0.2, 0.25) is 0 Å². The Morgan fingerprint density at radius 3 is 2.60 bits per heavy atom. The molecule has 1 N–H and O–H groups in total. The lowest BCUT2D eigenvalue weighted by atomic mass is 10.2. The number of nitro benzene ring substituents is 1. The van der Waals surface area contributed by atoms with Crippen LogP contribution in [0, 0.1) is 21.4 Å². The molecular weight excluding hydrogens is 258 g/mol. The fourth-order valence-electron chi connectivity index (χ4n) is 1.51. The zero-order valence-electron chi connectivity index (χ0n) is 10.2. The van der Waals surface area contributed by atoms with E-state index in [1.54, 1.807) is 36.4 Å². The molecule has 0 aliphatic carbocycles. The van der Waals surface area contributed by atoms with E-state index in [9.17, 15) is 10.1 Å². The van der Waals surface area contributed by atoms with Crippen molar-refractivity contribution < 1.29 is 4.92 Å².